The monoisotopic (exact) mass is 433 g/mol. The number of carbonyl (C=O) groups is 1. The van der Waals surface area contributed by atoms with Gasteiger partial charge in [-0.25, -0.2) is 9.78 Å². The minimum atomic E-state index is -4.50. The van der Waals surface area contributed by atoms with Crippen molar-refractivity contribution in [1.29, 1.82) is 0 Å². The Morgan fingerprint density at radius 3 is 2.61 bits per heavy atom. The summed E-state index contributed by atoms with van der Waals surface area (Å²) in [6, 6.07) is 3.63. The molecule has 1 aliphatic rings. The number of aromatic nitrogens is 3. The second kappa shape index (κ2) is 7.56. The number of nitrogens with zero attached hydrogens (tertiary/aromatic N) is 4. The molecule has 0 radical (unpaired) electrons. The maximum Gasteiger partial charge on any atom is 0.417 e. The molecular weight excluding hydrogens is 415 g/mol. The van der Waals surface area contributed by atoms with E-state index in [2.05, 4.69) is 15.3 Å². The Bertz CT molecular complexity index is 1210. The van der Waals surface area contributed by atoms with Gasteiger partial charge in [-0.1, -0.05) is 0 Å². The van der Waals surface area contributed by atoms with Gasteiger partial charge in [0.1, 0.15) is 5.82 Å². The van der Waals surface area contributed by atoms with E-state index in [4.69, 9.17) is 5.11 Å². The van der Waals surface area contributed by atoms with E-state index in [9.17, 15) is 22.8 Å². The molecule has 0 spiro atoms. The van der Waals surface area contributed by atoms with Crippen LogP contribution in [0.4, 0.5) is 23.8 Å². The fraction of sp³-hybridized carbons (Fsp3) is 0.300. The van der Waals surface area contributed by atoms with E-state index in [-0.39, 0.29) is 29.2 Å². The first-order valence-corrected chi connectivity index (χ1v) is 9.41. The van der Waals surface area contributed by atoms with Crippen molar-refractivity contribution in [3.63, 3.8) is 0 Å². The van der Waals surface area contributed by atoms with Crippen LogP contribution < -0.4 is 10.9 Å². The molecule has 1 atom stereocenters. The number of carboxylic acid groups (broad SMARTS) is 1. The molecule has 3 aromatic rings. The van der Waals surface area contributed by atoms with Crippen LogP contribution in [-0.2, 0) is 13.2 Å². The highest BCUT2D eigenvalue weighted by Crippen LogP contribution is 2.32. The van der Waals surface area contributed by atoms with Crippen molar-refractivity contribution in [3.05, 3.63) is 52.7 Å². The van der Waals surface area contributed by atoms with Crippen LogP contribution in [-0.4, -0.2) is 49.8 Å². The zero-order chi connectivity index (χ0) is 22.3. The summed E-state index contributed by atoms with van der Waals surface area (Å²) in [4.78, 5) is 33.6. The molecule has 1 fully saturated rings. The van der Waals surface area contributed by atoms with Gasteiger partial charge < -0.3 is 19.9 Å². The Morgan fingerprint density at radius 1 is 1.23 bits per heavy atom. The highest BCUT2D eigenvalue weighted by Gasteiger charge is 2.31. The first-order valence-electron chi connectivity index (χ1n) is 9.41. The fourth-order valence-electron chi connectivity index (χ4n) is 3.63. The van der Waals surface area contributed by atoms with E-state index in [1.807, 2.05) is 0 Å². The first-order chi connectivity index (χ1) is 14.6. The van der Waals surface area contributed by atoms with Crippen molar-refractivity contribution < 1.29 is 23.1 Å². The molecule has 11 heteroatoms. The van der Waals surface area contributed by atoms with E-state index in [1.165, 1.54) is 21.7 Å². The molecule has 1 saturated heterocycles. The number of amides is 1. The number of rotatable bonds is 3. The summed E-state index contributed by atoms with van der Waals surface area (Å²) in [5.74, 6) is 0.295. The van der Waals surface area contributed by atoms with Crippen LogP contribution in [0, 0.1) is 0 Å². The van der Waals surface area contributed by atoms with Crippen molar-refractivity contribution >= 4 is 22.7 Å². The average molecular weight is 433 g/mol. The number of likely N-dealkylation sites (tertiary alicyclic amines) is 1. The molecule has 1 aliphatic heterocycles. The maximum atomic E-state index is 12.9. The van der Waals surface area contributed by atoms with Gasteiger partial charge in [-0.2, -0.15) is 13.2 Å². The summed E-state index contributed by atoms with van der Waals surface area (Å²) in [6.45, 7) is 0.629. The van der Waals surface area contributed by atoms with Crippen LogP contribution in [0.1, 0.15) is 12.0 Å². The third-order valence-corrected chi connectivity index (χ3v) is 5.28. The predicted molar refractivity (Wildman–Crippen MR) is 107 cm³/mol. The number of aryl methyl sites for hydroxylation is 1. The second-order valence-corrected chi connectivity index (χ2v) is 7.33. The number of hydrogen-bond donors (Lipinski definition) is 2. The van der Waals surface area contributed by atoms with Gasteiger partial charge >= 0.3 is 12.3 Å². The highest BCUT2D eigenvalue weighted by atomic mass is 19.4. The van der Waals surface area contributed by atoms with E-state index in [1.54, 1.807) is 19.3 Å². The number of halogens is 3. The third kappa shape index (κ3) is 3.90. The minimum Gasteiger partial charge on any atom is -0.465 e. The molecule has 162 valence electrons. The average Bonchev–Trinajstić information content (AvgIpc) is 3.19. The van der Waals surface area contributed by atoms with E-state index in [0.717, 1.165) is 12.3 Å². The quantitative estimate of drug-likeness (QED) is 0.658. The van der Waals surface area contributed by atoms with E-state index >= 15 is 0 Å². The molecule has 0 aliphatic carbocycles. The van der Waals surface area contributed by atoms with Gasteiger partial charge in [0.25, 0.3) is 5.56 Å². The predicted octanol–water partition coefficient (Wildman–Crippen LogP) is 3.18. The topological polar surface area (TPSA) is 100 Å². The Hall–Kier alpha value is -3.63. The molecule has 31 heavy (non-hydrogen) atoms. The SMILES string of the molecule is Cn1ccc2c(-c3ccc(C(F)(F)F)cn3)cnc(N[C@H]3CCN(C(=O)O)C3)c2c1=O. The molecule has 8 nitrogen and oxygen atoms in total. The Kier molecular flexibility index (Phi) is 5.03. The summed E-state index contributed by atoms with van der Waals surface area (Å²) >= 11 is 0. The molecule has 2 N–H and O–H groups in total. The maximum absolute atomic E-state index is 12.9. The number of nitrogens with one attached hydrogen (secondary N) is 1. The van der Waals surface area contributed by atoms with Gasteiger partial charge in [0.2, 0.25) is 0 Å². The van der Waals surface area contributed by atoms with Crippen molar-refractivity contribution in [2.45, 2.75) is 18.6 Å². The van der Waals surface area contributed by atoms with Crippen molar-refractivity contribution in [2.75, 3.05) is 18.4 Å². The smallest absolute Gasteiger partial charge is 0.417 e. The van der Waals surface area contributed by atoms with Crippen LogP contribution in [0.15, 0.2) is 41.6 Å². The summed E-state index contributed by atoms with van der Waals surface area (Å²) in [5.41, 5.74) is -0.532. The van der Waals surface area contributed by atoms with E-state index in [0.29, 0.717) is 29.7 Å². The number of hydrogen-bond acceptors (Lipinski definition) is 5. The van der Waals surface area contributed by atoms with Crippen LogP contribution >= 0.6 is 0 Å². The molecule has 0 aromatic carbocycles. The molecule has 4 heterocycles. The number of anilines is 1. The lowest BCUT2D eigenvalue weighted by Gasteiger charge is -2.17. The molecule has 0 unspecified atom stereocenters. The fourth-order valence-corrected chi connectivity index (χ4v) is 3.63. The Labute approximate surface area is 174 Å². The minimum absolute atomic E-state index is 0.216. The van der Waals surface area contributed by atoms with Crippen LogP contribution in [0.3, 0.4) is 0 Å². The van der Waals surface area contributed by atoms with Crippen LogP contribution in [0.5, 0.6) is 0 Å². The van der Waals surface area contributed by atoms with Gasteiger partial charge in [-0.3, -0.25) is 9.78 Å². The lowest BCUT2D eigenvalue weighted by Crippen LogP contribution is -2.30. The third-order valence-electron chi connectivity index (χ3n) is 5.28. The zero-order valence-electron chi connectivity index (χ0n) is 16.3. The Morgan fingerprint density at radius 2 is 2.00 bits per heavy atom. The van der Waals surface area contributed by atoms with Gasteiger partial charge in [-0.05, 0) is 24.6 Å². The van der Waals surface area contributed by atoms with Gasteiger partial charge in [0.05, 0.1) is 16.6 Å². The molecule has 4 rings (SSSR count). The van der Waals surface area contributed by atoms with Crippen LogP contribution in [0.2, 0.25) is 0 Å². The second-order valence-electron chi connectivity index (χ2n) is 7.33. The number of alkyl halides is 3. The summed E-state index contributed by atoms with van der Waals surface area (Å²) in [7, 11) is 1.58. The first kappa shape index (κ1) is 20.6. The molecule has 0 saturated carbocycles. The zero-order valence-corrected chi connectivity index (χ0v) is 16.3. The lowest BCUT2D eigenvalue weighted by atomic mass is 10.0. The van der Waals surface area contributed by atoms with Crippen molar-refractivity contribution in [2.24, 2.45) is 7.05 Å². The molecule has 3 aromatic heterocycles. The normalized spacial score (nSPS) is 16.6. The summed E-state index contributed by atoms with van der Waals surface area (Å²) in [5, 5.41) is 13.0. The lowest BCUT2D eigenvalue weighted by molar-refractivity contribution is -0.137. The molecule has 1 amide bonds. The van der Waals surface area contributed by atoms with Gasteiger partial charge in [0, 0.05) is 55.7 Å². The van der Waals surface area contributed by atoms with Crippen molar-refractivity contribution in [1.82, 2.24) is 19.4 Å². The van der Waals surface area contributed by atoms with Crippen molar-refractivity contribution in [3.8, 4) is 11.3 Å². The highest BCUT2D eigenvalue weighted by molar-refractivity contribution is 6.00. The standard InChI is InChI=1S/C20H18F3N5O3/c1-27-6-5-13-14(15-3-2-11(8-24-15)20(21,22)23)9-25-17(16(13)18(27)29)26-12-4-7-28(10-12)19(30)31/h2-3,5-6,8-9,12H,4,7,10H2,1H3,(H,25,26)(H,30,31)/t12-/m0/s1. The molecular formula is C20H18F3N5O3. The number of fused-ring (bicyclic) bond motifs is 1. The van der Waals surface area contributed by atoms with E-state index < -0.39 is 17.8 Å². The Balaban J connectivity index is 1.76. The largest absolute Gasteiger partial charge is 0.465 e. The van der Waals surface area contributed by atoms with Crippen LogP contribution in [0.25, 0.3) is 22.0 Å². The molecule has 0 bridgehead atoms. The van der Waals surface area contributed by atoms with Gasteiger partial charge in [-0.15, -0.1) is 0 Å². The van der Waals surface area contributed by atoms with Gasteiger partial charge in [0.15, 0.2) is 0 Å². The summed E-state index contributed by atoms with van der Waals surface area (Å²) < 4.78 is 39.9. The number of pyridine rings is 3. The summed E-state index contributed by atoms with van der Waals surface area (Å²) in [6.07, 6.45) is -1.20.